The predicted octanol–water partition coefficient (Wildman–Crippen LogP) is 0.563. The monoisotopic (exact) mass is 362 g/mol. The molecule has 0 aromatic rings. The molecule has 2 unspecified atom stereocenters. The van der Waals surface area contributed by atoms with Crippen LogP contribution in [0, 0.1) is 0 Å². The smallest absolute Gasteiger partial charge is 0.259 e. The van der Waals surface area contributed by atoms with Gasteiger partial charge in [0.25, 0.3) is 8.53 Å². The number of aliphatic hydroxyl groups is 1. The van der Waals surface area contributed by atoms with E-state index in [1.54, 1.807) is 11.9 Å². The molecule has 140 valence electrons. The van der Waals surface area contributed by atoms with E-state index in [0.717, 1.165) is 12.8 Å². The Kier molecular flexibility index (Phi) is 9.71. The molecule has 4 atom stereocenters. The Morgan fingerprint density at radius 2 is 2.00 bits per heavy atom. The van der Waals surface area contributed by atoms with Gasteiger partial charge in [0.1, 0.15) is 14.0 Å². The molecule has 1 amide bonds. The van der Waals surface area contributed by atoms with Crippen LogP contribution in [0.15, 0.2) is 0 Å². The highest BCUT2D eigenvalue weighted by atomic mass is 31.2. The summed E-state index contributed by atoms with van der Waals surface area (Å²) < 4.78 is 20.2. The second-order valence-corrected chi connectivity index (χ2v) is 8.18. The summed E-state index contributed by atoms with van der Waals surface area (Å²) in [6, 6.07) is 0.580. The molecule has 0 aliphatic carbocycles. The van der Waals surface area contributed by atoms with E-state index in [-0.39, 0.29) is 36.9 Å². The first-order valence-electron chi connectivity index (χ1n) is 8.60. The third-order valence-electron chi connectivity index (χ3n) is 3.86. The molecule has 1 aliphatic rings. The van der Waals surface area contributed by atoms with E-state index >= 15 is 0 Å². The number of ether oxygens (including phenoxy) is 1. The van der Waals surface area contributed by atoms with Gasteiger partial charge in [0.05, 0.1) is 19.3 Å². The van der Waals surface area contributed by atoms with Crippen LogP contribution < -0.4 is 0 Å². The van der Waals surface area contributed by atoms with Gasteiger partial charge in [0.2, 0.25) is 6.41 Å². The number of hydrogen-bond donors (Lipinski definition) is 1. The van der Waals surface area contributed by atoms with Crippen molar-refractivity contribution in [3.8, 4) is 0 Å². The summed E-state index contributed by atoms with van der Waals surface area (Å²) >= 11 is 0. The molecule has 1 fully saturated rings. The van der Waals surface area contributed by atoms with Crippen molar-refractivity contribution < 1.29 is 23.7 Å². The fourth-order valence-corrected chi connectivity index (χ4v) is 4.50. The van der Waals surface area contributed by atoms with E-state index in [9.17, 15) is 9.90 Å². The average molecular weight is 362 g/mol. The lowest BCUT2D eigenvalue weighted by molar-refractivity contribution is -0.117. The zero-order valence-electron chi connectivity index (χ0n) is 15.7. The SMILES string of the molecule is B[C@H]1C[C@@H](OP(OCCN(C)C=O)N(C(C)C)C(C)C)C(CO)O1. The van der Waals surface area contributed by atoms with Gasteiger partial charge in [-0.05, 0) is 34.1 Å². The first kappa shape index (κ1) is 21.8. The first-order chi connectivity index (χ1) is 11.3. The number of carbonyl (C=O) groups is 1. The van der Waals surface area contributed by atoms with Crippen molar-refractivity contribution in [1.82, 2.24) is 9.57 Å². The third kappa shape index (κ3) is 6.58. The lowest BCUT2D eigenvalue weighted by atomic mass is 9.96. The summed E-state index contributed by atoms with van der Waals surface area (Å²) in [5, 5.41) is 9.51. The Morgan fingerprint density at radius 3 is 2.50 bits per heavy atom. The van der Waals surface area contributed by atoms with Gasteiger partial charge >= 0.3 is 0 Å². The van der Waals surface area contributed by atoms with Crippen LogP contribution in [-0.4, -0.2) is 86.0 Å². The Bertz CT molecular complexity index is 370. The van der Waals surface area contributed by atoms with Crippen molar-refractivity contribution in [2.45, 2.75) is 64.4 Å². The first-order valence-corrected chi connectivity index (χ1v) is 9.73. The number of amides is 1. The van der Waals surface area contributed by atoms with Gasteiger partial charge in [-0.25, -0.2) is 4.67 Å². The van der Waals surface area contributed by atoms with Gasteiger partial charge in [0, 0.05) is 31.7 Å². The maximum atomic E-state index is 10.7. The number of likely N-dealkylation sites (N-methyl/N-ethyl adjacent to an activating group) is 1. The van der Waals surface area contributed by atoms with Crippen LogP contribution >= 0.6 is 8.53 Å². The van der Waals surface area contributed by atoms with Crippen LogP contribution in [-0.2, 0) is 18.6 Å². The quantitative estimate of drug-likeness (QED) is 0.329. The predicted molar refractivity (Wildman–Crippen MR) is 97.5 cm³/mol. The fourth-order valence-electron chi connectivity index (χ4n) is 2.75. The largest absolute Gasteiger partial charge is 0.394 e. The molecule has 0 bridgehead atoms. The van der Waals surface area contributed by atoms with Crippen LogP contribution in [0.4, 0.5) is 0 Å². The lowest BCUT2D eigenvalue weighted by Gasteiger charge is -2.37. The molecule has 0 radical (unpaired) electrons. The van der Waals surface area contributed by atoms with Gasteiger partial charge < -0.3 is 23.8 Å². The second kappa shape index (κ2) is 10.7. The molecule has 1 saturated heterocycles. The molecule has 24 heavy (non-hydrogen) atoms. The molecule has 0 aromatic carbocycles. The number of carbonyl (C=O) groups excluding carboxylic acids is 1. The Labute approximate surface area is 148 Å². The zero-order valence-corrected chi connectivity index (χ0v) is 16.6. The number of nitrogens with zero attached hydrogens (tertiary/aromatic N) is 2. The standard InChI is InChI=1S/C15H32BN2O5P/c1-11(2)18(12(3)4)24(21-7-6-17(5)10-20)23-13-8-15(16)22-14(13)9-19/h10-15,19H,6-9,16H2,1-5H3/t13-,14?,15-,24?/m1/s1. The maximum Gasteiger partial charge on any atom is 0.259 e. The molecule has 1 rings (SSSR count). The Hall–Kier alpha value is -0.235. The lowest BCUT2D eigenvalue weighted by Crippen LogP contribution is -2.36. The molecule has 1 aliphatic heterocycles. The van der Waals surface area contributed by atoms with Crippen molar-refractivity contribution >= 4 is 22.8 Å². The van der Waals surface area contributed by atoms with Gasteiger partial charge in [-0.1, -0.05) is 0 Å². The summed E-state index contributed by atoms with van der Waals surface area (Å²) in [5.41, 5.74) is 0. The summed E-state index contributed by atoms with van der Waals surface area (Å²) in [7, 11) is 2.40. The highest BCUT2D eigenvalue weighted by Gasteiger charge is 2.38. The third-order valence-corrected chi connectivity index (χ3v) is 6.02. The van der Waals surface area contributed by atoms with E-state index in [4.69, 9.17) is 13.8 Å². The minimum atomic E-state index is -1.30. The summed E-state index contributed by atoms with van der Waals surface area (Å²) in [6.07, 6.45) is 1.03. The zero-order chi connectivity index (χ0) is 18.3. The van der Waals surface area contributed by atoms with Crippen molar-refractivity contribution in [3.05, 3.63) is 0 Å². The molecular weight excluding hydrogens is 330 g/mol. The molecule has 1 N–H and O–H groups in total. The van der Waals surface area contributed by atoms with Crippen molar-refractivity contribution in [2.75, 3.05) is 26.8 Å². The van der Waals surface area contributed by atoms with Crippen molar-refractivity contribution in [2.24, 2.45) is 0 Å². The minimum absolute atomic E-state index is 0.0601. The summed E-state index contributed by atoms with van der Waals surface area (Å²) in [4.78, 5) is 12.3. The second-order valence-electron chi connectivity index (χ2n) is 6.77. The number of hydrogen-bond acceptors (Lipinski definition) is 6. The Balaban J connectivity index is 2.77. The minimum Gasteiger partial charge on any atom is -0.394 e. The van der Waals surface area contributed by atoms with Gasteiger partial charge in [-0.15, -0.1) is 0 Å². The van der Waals surface area contributed by atoms with Crippen LogP contribution in [0.25, 0.3) is 0 Å². The highest BCUT2D eigenvalue weighted by Crippen LogP contribution is 2.48. The van der Waals surface area contributed by atoms with Crippen LogP contribution in [0.1, 0.15) is 34.1 Å². The Morgan fingerprint density at radius 1 is 1.38 bits per heavy atom. The van der Waals surface area contributed by atoms with Crippen molar-refractivity contribution in [3.63, 3.8) is 0 Å². The summed E-state index contributed by atoms with van der Waals surface area (Å²) in [6.45, 7) is 9.29. The topological polar surface area (TPSA) is 71.5 Å². The number of rotatable bonds is 11. The van der Waals surface area contributed by atoms with Gasteiger partial charge in [0.15, 0.2) is 0 Å². The van der Waals surface area contributed by atoms with Crippen LogP contribution in [0.3, 0.4) is 0 Å². The average Bonchev–Trinajstić information content (AvgIpc) is 2.85. The molecular formula is C15H32BN2O5P. The normalized spacial score (nSPS) is 25.6. The molecule has 1 heterocycles. The maximum absolute atomic E-state index is 10.7. The van der Waals surface area contributed by atoms with E-state index in [2.05, 4.69) is 32.4 Å². The molecule has 0 aromatic heterocycles. The van der Waals surface area contributed by atoms with E-state index in [1.165, 1.54) is 0 Å². The van der Waals surface area contributed by atoms with E-state index in [0.29, 0.717) is 13.2 Å². The molecule has 7 nitrogen and oxygen atoms in total. The van der Waals surface area contributed by atoms with E-state index in [1.807, 2.05) is 7.85 Å². The fraction of sp³-hybridized carbons (Fsp3) is 0.933. The highest BCUT2D eigenvalue weighted by molar-refractivity contribution is 7.44. The van der Waals surface area contributed by atoms with E-state index < -0.39 is 8.53 Å². The molecule has 9 heteroatoms. The van der Waals surface area contributed by atoms with Crippen LogP contribution in [0.5, 0.6) is 0 Å². The molecule has 0 saturated carbocycles. The van der Waals surface area contributed by atoms with Gasteiger partial charge in [-0.3, -0.25) is 4.79 Å². The molecule has 0 spiro atoms. The van der Waals surface area contributed by atoms with Crippen LogP contribution in [0.2, 0.25) is 0 Å². The van der Waals surface area contributed by atoms with Crippen molar-refractivity contribution in [1.29, 1.82) is 0 Å². The summed E-state index contributed by atoms with van der Waals surface area (Å²) in [5.74, 6) is 0. The number of aliphatic hydroxyl groups excluding tert-OH is 1. The van der Waals surface area contributed by atoms with Gasteiger partial charge in [-0.2, -0.15) is 0 Å².